The summed E-state index contributed by atoms with van der Waals surface area (Å²) in [4.78, 5) is 19.4. The predicted molar refractivity (Wildman–Crippen MR) is 102 cm³/mol. The van der Waals surface area contributed by atoms with E-state index in [1.165, 1.54) is 6.07 Å². The van der Waals surface area contributed by atoms with E-state index in [2.05, 4.69) is 34.2 Å². The standard InChI is InChI=1S/C20H23FN4O2/c1-4-25(5-2)11-10-22-19(26)15-12-17(14-8-6-7-9-16(14)21)23-20-18(15)13(3)24-27-20/h6-9,12H,4-5,10-11H2,1-3H3,(H,22,26). The molecule has 0 atom stereocenters. The number of hydrogen-bond donors (Lipinski definition) is 1. The zero-order valence-corrected chi connectivity index (χ0v) is 15.8. The minimum atomic E-state index is -0.409. The van der Waals surface area contributed by atoms with Gasteiger partial charge in [0.05, 0.1) is 22.3 Å². The molecule has 0 fully saturated rings. The van der Waals surface area contributed by atoms with Crippen molar-refractivity contribution in [2.75, 3.05) is 26.2 Å². The van der Waals surface area contributed by atoms with E-state index in [0.717, 1.165) is 19.6 Å². The second-order valence-corrected chi connectivity index (χ2v) is 6.27. The molecule has 1 N–H and O–H groups in total. The molecule has 0 aliphatic rings. The molecule has 0 bridgehead atoms. The SMILES string of the molecule is CCN(CC)CCNC(=O)c1cc(-c2ccccc2F)nc2onc(C)c12. The summed E-state index contributed by atoms with van der Waals surface area (Å²) < 4.78 is 19.4. The van der Waals surface area contributed by atoms with Gasteiger partial charge >= 0.3 is 0 Å². The first-order chi connectivity index (χ1) is 13.0. The van der Waals surface area contributed by atoms with Gasteiger partial charge in [-0.25, -0.2) is 9.37 Å². The Kier molecular flexibility index (Phi) is 5.81. The van der Waals surface area contributed by atoms with E-state index in [1.807, 2.05) is 0 Å². The third-order valence-electron chi connectivity index (χ3n) is 4.62. The number of pyridine rings is 1. The number of hydrogen-bond acceptors (Lipinski definition) is 5. The fraction of sp³-hybridized carbons (Fsp3) is 0.350. The number of nitrogens with one attached hydrogen (secondary N) is 1. The molecule has 0 spiro atoms. The summed E-state index contributed by atoms with van der Waals surface area (Å²) in [6, 6.07) is 7.90. The van der Waals surface area contributed by atoms with Crippen LogP contribution in [0.15, 0.2) is 34.9 Å². The number of nitrogens with zero attached hydrogens (tertiary/aromatic N) is 3. The van der Waals surface area contributed by atoms with Crippen molar-refractivity contribution in [2.24, 2.45) is 0 Å². The van der Waals surface area contributed by atoms with E-state index in [9.17, 15) is 9.18 Å². The number of fused-ring (bicyclic) bond motifs is 1. The van der Waals surface area contributed by atoms with Crippen molar-refractivity contribution in [1.29, 1.82) is 0 Å². The van der Waals surface area contributed by atoms with E-state index >= 15 is 0 Å². The normalized spacial score (nSPS) is 11.3. The number of benzene rings is 1. The van der Waals surface area contributed by atoms with Gasteiger partial charge in [-0.3, -0.25) is 4.79 Å². The zero-order chi connectivity index (χ0) is 19.4. The Bertz CT molecular complexity index is 950. The molecule has 2 aromatic heterocycles. The van der Waals surface area contributed by atoms with Crippen molar-refractivity contribution in [3.63, 3.8) is 0 Å². The highest BCUT2D eigenvalue weighted by Gasteiger charge is 2.20. The average molecular weight is 370 g/mol. The number of carbonyl (C=O) groups is 1. The summed E-state index contributed by atoms with van der Waals surface area (Å²) in [6.45, 7) is 9.04. The fourth-order valence-electron chi connectivity index (χ4n) is 3.04. The maximum absolute atomic E-state index is 14.2. The molecule has 0 radical (unpaired) electrons. The molecule has 0 unspecified atom stereocenters. The first-order valence-corrected chi connectivity index (χ1v) is 9.07. The summed E-state index contributed by atoms with van der Waals surface area (Å²) in [5.41, 5.74) is 1.83. The Morgan fingerprint density at radius 2 is 2.00 bits per heavy atom. The quantitative estimate of drug-likeness (QED) is 0.690. The number of halogens is 1. The molecular weight excluding hydrogens is 347 g/mol. The molecule has 1 aromatic carbocycles. The smallest absolute Gasteiger partial charge is 0.259 e. The lowest BCUT2D eigenvalue weighted by Gasteiger charge is -2.18. The minimum absolute atomic E-state index is 0.224. The van der Waals surface area contributed by atoms with Crippen LogP contribution in [-0.2, 0) is 0 Å². The number of likely N-dealkylation sites (N-methyl/N-ethyl adjacent to an activating group) is 1. The lowest BCUT2D eigenvalue weighted by Crippen LogP contribution is -2.34. The number of aromatic nitrogens is 2. The largest absolute Gasteiger partial charge is 0.351 e. The topological polar surface area (TPSA) is 71.3 Å². The highest BCUT2D eigenvalue weighted by atomic mass is 19.1. The van der Waals surface area contributed by atoms with Gasteiger partial charge in [-0.2, -0.15) is 0 Å². The van der Waals surface area contributed by atoms with Crippen LogP contribution in [0.4, 0.5) is 4.39 Å². The molecule has 6 nitrogen and oxygen atoms in total. The molecule has 1 amide bonds. The second-order valence-electron chi connectivity index (χ2n) is 6.27. The monoisotopic (exact) mass is 370 g/mol. The number of aryl methyl sites for hydroxylation is 1. The van der Waals surface area contributed by atoms with E-state index in [4.69, 9.17) is 4.52 Å². The van der Waals surface area contributed by atoms with Crippen LogP contribution < -0.4 is 5.32 Å². The Labute approximate surface area is 157 Å². The summed E-state index contributed by atoms with van der Waals surface area (Å²) in [5.74, 6) is -0.660. The lowest BCUT2D eigenvalue weighted by atomic mass is 10.0. The van der Waals surface area contributed by atoms with Crippen molar-refractivity contribution in [1.82, 2.24) is 20.4 Å². The molecule has 0 aliphatic carbocycles. The Morgan fingerprint density at radius 1 is 1.26 bits per heavy atom. The molecule has 142 valence electrons. The molecule has 0 saturated heterocycles. The molecule has 27 heavy (non-hydrogen) atoms. The molecular formula is C20H23FN4O2. The highest BCUT2D eigenvalue weighted by Crippen LogP contribution is 2.28. The number of amides is 1. The molecule has 2 heterocycles. The molecule has 0 saturated carbocycles. The number of rotatable bonds is 7. The van der Waals surface area contributed by atoms with Crippen LogP contribution in [0.3, 0.4) is 0 Å². The van der Waals surface area contributed by atoms with E-state index in [0.29, 0.717) is 34.4 Å². The summed E-state index contributed by atoms with van der Waals surface area (Å²) in [6.07, 6.45) is 0. The zero-order valence-electron chi connectivity index (χ0n) is 15.8. The average Bonchev–Trinajstić information content (AvgIpc) is 3.05. The van der Waals surface area contributed by atoms with Gasteiger partial charge in [-0.1, -0.05) is 31.1 Å². The first-order valence-electron chi connectivity index (χ1n) is 9.07. The van der Waals surface area contributed by atoms with Gasteiger partial charge in [-0.15, -0.1) is 0 Å². The Hall–Kier alpha value is -2.80. The molecule has 7 heteroatoms. The van der Waals surface area contributed by atoms with Crippen molar-refractivity contribution in [2.45, 2.75) is 20.8 Å². The van der Waals surface area contributed by atoms with Crippen LogP contribution in [0.5, 0.6) is 0 Å². The van der Waals surface area contributed by atoms with Gasteiger partial charge in [0, 0.05) is 18.7 Å². The maximum Gasteiger partial charge on any atom is 0.259 e. The van der Waals surface area contributed by atoms with Crippen LogP contribution in [-0.4, -0.2) is 47.1 Å². The lowest BCUT2D eigenvalue weighted by molar-refractivity contribution is 0.0950. The van der Waals surface area contributed by atoms with Crippen molar-refractivity contribution >= 4 is 17.0 Å². The number of carbonyl (C=O) groups excluding carboxylic acids is 1. The molecule has 3 aromatic rings. The summed E-state index contributed by atoms with van der Waals surface area (Å²) in [7, 11) is 0. The third-order valence-corrected chi connectivity index (χ3v) is 4.62. The predicted octanol–water partition coefficient (Wildman–Crippen LogP) is 3.41. The minimum Gasteiger partial charge on any atom is -0.351 e. The van der Waals surface area contributed by atoms with Crippen LogP contribution in [0.25, 0.3) is 22.4 Å². The molecule has 3 rings (SSSR count). The molecule has 0 aliphatic heterocycles. The van der Waals surface area contributed by atoms with Crippen LogP contribution in [0.2, 0.25) is 0 Å². The van der Waals surface area contributed by atoms with Crippen molar-refractivity contribution < 1.29 is 13.7 Å². The van der Waals surface area contributed by atoms with Gasteiger partial charge < -0.3 is 14.7 Å². The van der Waals surface area contributed by atoms with Crippen LogP contribution >= 0.6 is 0 Å². The van der Waals surface area contributed by atoms with Gasteiger partial charge in [0.1, 0.15) is 5.82 Å². The third kappa shape index (κ3) is 3.98. The fourth-order valence-corrected chi connectivity index (χ4v) is 3.04. The first kappa shape index (κ1) is 19.0. The van der Waals surface area contributed by atoms with Gasteiger partial charge in [-0.05, 0) is 38.2 Å². The highest BCUT2D eigenvalue weighted by molar-refractivity contribution is 6.07. The Balaban J connectivity index is 1.95. The van der Waals surface area contributed by atoms with Crippen LogP contribution in [0, 0.1) is 12.7 Å². The maximum atomic E-state index is 14.2. The van der Waals surface area contributed by atoms with Crippen molar-refractivity contribution in [3.05, 3.63) is 47.4 Å². The van der Waals surface area contributed by atoms with E-state index in [1.54, 1.807) is 31.2 Å². The Morgan fingerprint density at radius 3 is 2.70 bits per heavy atom. The van der Waals surface area contributed by atoms with E-state index in [-0.39, 0.29) is 11.6 Å². The van der Waals surface area contributed by atoms with E-state index < -0.39 is 5.82 Å². The van der Waals surface area contributed by atoms with Gasteiger partial charge in [0.15, 0.2) is 0 Å². The van der Waals surface area contributed by atoms with Gasteiger partial charge in [0.2, 0.25) is 0 Å². The second kappa shape index (κ2) is 8.26. The van der Waals surface area contributed by atoms with Gasteiger partial charge in [0.25, 0.3) is 11.6 Å². The van der Waals surface area contributed by atoms with Crippen LogP contribution in [0.1, 0.15) is 29.9 Å². The summed E-state index contributed by atoms with van der Waals surface area (Å²) in [5, 5.41) is 7.39. The van der Waals surface area contributed by atoms with Crippen molar-refractivity contribution in [3.8, 4) is 11.3 Å². The summed E-state index contributed by atoms with van der Waals surface area (Å²) >= 11 is 0.